The quantitative estimate of drug-likeness (QED) is 0.778. The summed E-state index contributed by atoms with van der Waals surface area (Å²) in [7, 11) is 1.75. The highest BCUT2D eigenvalue weighted by Gasteiger charge is 2.22. The summed E-state index contributed by atoms with van der Waals surface area (Å²) in [5, 5.41) is 0. The van der Waals surface area contributed by atoms with Crippen LogP contribution >= 0.6 is 11.3 Å². The molecule has 1 unspecified atom stereocenters. The molecule has 1 amide bonds. The largest absolute Gasteiger partial charge is 0.376 e. The number of ether oxygens (including phenoxy) is 1. The fraction of sp³-hybridized carbons (Fsp3) is 0.526. The summed E-state index contributed by atoms with van der Waals surface area (Å²) >= 11 is 1.60. The van der Waals surface area contributed by atoms with E-state index in [4.69, 9.17) is 4.74 Å². The summed E-state index contributed by atoms with van der Waals surface area (Å²) in [4.78, 5) is 32.8. The molecule has 1 fully saturated rings. The van der Waals surface area contributed by atoms with Crippen LogP contribution in [0.15, 0.2) is 22.6 Å². The molecular weight excluding hydrogens is 350 g/mol. The minimum Gasteiger partial charge on any atom is -0.376 e. The number of carbonyl (C=O) groups is 1. The number of rotatable bonds is 6. The van der Waals surface area contributed by atoms with Crippen LogP contribution in [0.5, 0.6) is 0 Å². The SMILES string of the molecule is Cc1ccn(CC2CCCO2)c(=O)c1C(=O)N(C)CCc1scnc1C. The maximum absolute atomic E-state index is 12.9. The molecular formula is C19H25N3O3S. The number of amides is 1. The van der Waals surface area contributed by atoms with Gasteiger partial charge in [0.1, 0.15) is 5.56 Å². The first-order valence-electron chi connectivity index (χ1n) is 8.93. The Morgan fingerprint density at radius 1 is 1.46 bits per heavy atom. The molecule has 0 N–H and O–H groups in total. The van der Waals surface area contributed by atoms with Crippen LogP contribution in [0.2, 0.25) is 0 Å². The first kappa shape index (κ1) is 18.8. The zero-order valence-corrected chi connectivity index (χ0v) is 16.3. The van der Waals surface area contributed by atoms with E-state index in [1.54, 1.807) is 34.0 Å². The number of aromatic nitrogens is 2. The van der Waals surface area contributed by atoms with Crippen molar-refractivity contribution in [2.45, 2.75) is 45.8 Å². The molecule has 0 aliphatic carbocycles. The van der Waals surface area contributed by atoms with E-state index in [1.807, 2.05) is 25.4 Å². The van der Waals surface area contributed by atoms with Gasteiger partial charge in [-0.05, 0) is 38.3 Å². The smallest absolute Gasteiger partial charge is 0.263 e. The van der Waals surface area contributed by atoms with E-state index < -0.39 is 0 Å². The van der Waals surface area contributed by atoms with E-state index in [-0.39, 0.29) is 23.1 Å². The molecule has 1 aliphatic rings. The fourth-order valence-corrected chi connectivity index (χ4v) is 3.97. The second kappa shape index (κ2) is 8.14. The summed E-state index contributed by atoms with van der Waals surface area (Å²) in [5.41, 5.74) is 3.56. The topological polar surface area (TPSA) is 64.4 Å². The maximum atomic E-state index is 12.9. The van der Waals surface area contributed by atoms with Gasteiger partial charge in [0.25, 0.3) is 11.5 Å². The van der Waals surface area contributed by atoms with Crippen molar-refractivity contribution >= 4 is 17.2 Å². The van der Waals surface area contributed by atoms with Crippen molar-refractivity contribution < 1.29 is 9.53 Å². The van der Waals surface area contributed by atoms with Gasteiger partial charge in [0.2, 0.25) is 0 Å². The molecule has 1 saturated heterocycles. The Bertz CT molecular complexity index is 837. The average Bonchev–Trinajstić information content (AvgIpc) is 3.27. The molecule has 0 spiro atoms. The van der Waals surface area contributed by atoms with E-state index in [0.717, 1.165) is 31.6 Å². The lowest BCUT2D eigenvalue weighted by molar-refractivity contribution is 0.0789. The molecule has 1 aliphatic heterocycles. The zero-order valence-electron chi connectivity index (χ0n) is 15.5. The Balaban J connectivity index is 1.74. The highest BCUT2D eigenvalue weighted by molar-refractivity contribution is 7.09. The monoisotopic (exact) mass is 375 g/mol. The highest BCUT2D eigenvalue weighted by atomic mass is 32.1. The third-order valence-corrected chi connectivity index (χ3v) is 5.87. The summed E-state index contributed by atoms with van der Waals surface area (Å²) in [6.45, 7) is 5.59. The minimum atomic E-state index is -0.230. The van der Waals surface area contributed by atoms with Crippen molar-refractivity contribution in [3.63, 3.8) is 0 Å². The molecule has 6 nitrogen and oxygen atoms in total. The Labute approximate surface area is 157 Å². The van der Waals surface area contributed by atoms with Gasteiger partial charge in [-0.2, -0.15) is 0 Å². The molecule has 3 rings (SSSR count). The van der Waals surface area contributed by atoms with Gasteiger partial charge >= 0.3 is 0 Å². The Morgan fingerprint density at radius 2 is 2.27 bits per heavy atom. The molecule has 0 aromatic carbocycles. The number of hydrogen-bond donors (Lipinski definition) is 0. The molecule has 1 atom stereocenters. The summed E-state index contributed by atoms with van der Waals surface area (Å²) in [6.07, 6.45) is 4.55. The van der Waals surface area contributed by atoms with Gasteiger partial charge in [-0.3, -0.25) is 9.59 Å². The molecule has 0 saturated carbocycles. The standard InChI is InChI=1S/C19H25N3O3S/c1-13-6-9-22(11-15-5-4-10-25-15)19(24)17(13)18(23)21(3)8-7-16-14(2)20-12-26-16/h6,9,12,15H,4-5,7-8,10-11H2,1-3H3. The minimum absolute atomic E-state index is 0.0605. The Morgan fingerprint density at radius 3 is 2.92 bits per heavy atom. The number of likely N-dealkylation sites (N-methyl/N-ethyl adjacent to an activating group) is 1. The molecule has 140 valence electrons. The Kier molecular flexibility index (Phi) is 5.88. The first-order chi connectivity index (χ1) is 12.5. The van der Waals surface area contributed by atoms with Crippen LogP contribution in [-0.2, 0) is 17.7 Å². The molecule has 0 radical (unpaired) electrons. The number of hydrogen-bond acceptors (Lipinski definition) is 5. The van der Waals surface area contributed by atoms with Gasteiger partial charge in [0, 0.05) is 37.7 Å². The number of aryl methyl sites for hydroxylation is 2. The van der Waals surface area contributed by atoms with Crippen LogP contribution in [-0.4, -0.2) is 46.7 Å². The zero-order chi connectivity index (χ0) is 18.7. The summed E-state index contributed by atoms with van der Waals surface area (Å²) < 4.78 is 7.23. The second-order valence-corrected chi connectivity index (χ2v) is 7.74. The summed E-state index contributed by atoms with van der Waals surface area (Å²) in [6, 6.07) is 1.84. The molecule has 2 aromatic rings. The van der Waals surface area contributed by atoms with Crippen molar-refractivity contribution in [1.82, 2.24) is 14.5 Å². The predicted molar refractivity (Wildman–Crippen MR) is 102 cm³/mol. The average molecular weight is 375 g/mol. The van der Waals surface area contributed by atoms with Crippen LogP contribution in [0, 0.1) is 13.8 Å². The fourth-order valence-electron chi connectivity index (χ4n) is 3.20. The van der Waals surface area contributed by atoms with Gasteiger partial charge in [-0.15, -0.1) is 11.3 Å². The van der Waals surface area contributed by atoms with Gasteiger partial charge in [-0.1, -0.05) is 0 Å². The molecule has 7 heteroatoms. The third kappa shape index (κ3) is 4.04. The second-order valence-electron chi connectivity index (χ2n) is 6.80. The van der Waals surface area contributed by atoms with E-state index in [2.05, 4.69) is 4.98 Å². The highest BCUT2D eigenvalue weighted by Crippen LogP contribution is 2.15. The molecule has 2 aromatic heterocycles. The lowest BCUT2D eigenvalue weighted by Gasteiger charge is -2.19. The first-order valence-corrected chi connectivity index (χ1v) is 9.81. The molecule has 3 heterocycles. The lowest BCUT2D eigenvalue weighted by Crippen LogP contribution is -2.37. The Hall–Kier alpha value is -1.99. The van der Waals surface area contributed by atoms with Gasteiger partial charge < -0.3 is 14.2 Å². The van der Waals surface area contributed by atoms with Crippen LogP contribution in [0.25, 0.3) is 0 Å². The third-order valence-electron chi connectivity index (χ3n) is 4.88. The van der Waals surface area contributed by atoms with Crippen LogP contribution < -0.4 is 5.56 Å². The van der Waals surface area contributed by atoms with E-state index in [9.17, 15) is 9.59 Å². The molecule has 0 bridgehead atoms. The summed E-state index contributed by atoms with van der Waals surface area (Å²) in [5.74, 6) is -0.226. The number of thiazole rings is 1. The van der Waals surface area contributed by atoms with Gasteiger partial charge in [0.15, 0.2) is 0 Å². The van der Waals surface area contributed by atoms with Crippen LogP contribution in [0.4, 0.5) is 0 Å². The van der Waals surface area contributed by atoms with Gasteiger partial charge in [0.05, 0.1) is 23.9 Å². The maximum Gasteiger partial charge on any atom is 0.263 e. The van der Waals surface area contributed by atoms with Crippen molar-refractivity contribution in [2.24, 2.45) is 0 Å². The van der Waals surface area contributed by atoms with Crippen LogP contribution in [0.1, 0.15) is 39.3 Å². The van der Waals surface area contributed by atoms with Crippen molar-refractivity contribution in [1.29, 1.82) is 0 Å². The predicted octanol–water partition coefficient (Wildman–Crippen LogP) is 2.42. The van der Waals surface area contributed by atoms with Gasteiger partial charge in [-0.25, -0.2) is 4.98 Å². The normalized spacial score (nSPS) is 16.8. The van der Waals surface area contributed by atoms with E-state index >= 15 is 0 Å². The van der Waals surface area contributed by atoms with E-state index in [0.29, 0.717) is 18.7 Å². The number of carbonyl (C=O) groups excluding carboxylic acids is 1. The van der Waals surface area contributed by atoms with Crippen molar-refractivity contribution in [2.75, 3.05) is 20.2 Å². The van der Waals surface area contributed by atoms with Crippen molar-refractivity contribution in [3.8, 4) is 0 Å². The van der Waals surface area contributed by atoms with Crippen LogP contribution in [0.3, 0.4) is 0 Å². The number of pyridine rings is 1. The lowest BCUT2D eigenvalue weighted by atomic mass is 10.1. The number of nitrogens with zero attached hydrogens (tertiary/aromatic N) is 3. The van der Waals surface area contributed by atoms with Crippen molar-refractivity contribution in [3.05, 3.63) is 49.8 Å². The molecule has 26 heavy (non-hydrogen) atoms. The van der Waals surface area contributed by atoms with E-state index in [1.165, 1.54) is 4.88 Å².